The predicted octanol–water partition coefficient (Wildman–Crippen LogP) is 1.73. The first-order chi connectivity index (χ1) is 7.79. The summed E-state index contributed by atoms with van der Waals surface area (Å²) in [6.07, 6.45) is 0.853. The van der Waals surface area contributed by atoms with Crippen molar-refractivity contribution in [1.29, 1.82) is 5.26 Å². The molecule has 2 rings (SSSR count). The Hall–Kier alpha value is -2.06. The summed E-state index contributed by atoms with van der Waals surface area (Å²) < 4.78 is 0. The molecule has 1 N–H and O–H groups in total. The summed E-state index contributed by atoms with van der Waals surface area (Å²) in [5.41, 5.74) is 1.11. The van der Waals surface area contributed by atoms with Crippen molar-refractivity contribution < 1.29 is 9.63 Å². The summed E-state index contributed by atoms with van der Waals surface area (Å²) >= 11 is 0. The fourth-order valence-electron chi connectivity index (χ4n) is 1.46. The fourth-order valence-corrected chi connectivity index (χ4v) is 1.46. The molecule has 1 aliphatic rings. The standard InChI is InChI=1S/C11H11N3O2/c12-8-9-3-1-4-10(7-9)13-11(15)14-5-2-6-16-14/h1,3-4,7H,2,5-6H2,(H,13,15). The Labute approximate surface area is 93.2 Å². The fraction of sp³-hybridized carbons (Fsp3) is 0.273. The number of nitrogens with zero attached hydrogens (tertiary/aromatic N) is 2. The SMILES string of the molecule is N#Cc1cccc(NC(=O)N2CCCO2)c1. The van der Waals surface area contributed by atoms with Crippen LogP contribution in [0.15, 0.2) is 24.3 Å². The van der Waals surface area contributed by atoms with Crippen LogP contribution in [0.2, 0.25) is 0 Å². The Bertz CT molecular complexity index is 433. The molecular weight excluding hydrogens is 206 g/mol. The third kappa shape index (κ3) is 2.30. The van der Waals surface area contributed by atoms with Crippen LogP contribution in [0.3, 0.4) is 0 Å². The molecule has 0 saturated carbocycles. The molecule has 82 valence electrons. The molecule has 2 amide bonds. The van der Waals surface area contributed by atoms with Gasteiger partial charge in [-0.25, -0.2) is 9.86 Å². The molecule has 1 saturated heterocycles. The van der Waals surface area contributed by atoms with E-state index in [1.807, 2.05) is 6.07 Å². The zero-order valence-corrected chi connectivity index (χ0v) is 8.64. The van der Waals surface area contributed by atoms with Gasteiger partial charge in [0.1, 0.15) is 0 Å². The maximum atomic E-state index is 11.6. The normalized spacial score (nSPS) is 14.6. The number of amides is 2. The second kappa shape index (κ2) is 4.64. The summed E-state index contributed by atoms with van der Waals surface area (Å²) in [6, 6.07) is 8.47. The van der Waals surface area contributed by atoms with Crippen LogP contribution in [-0.2, 0) is 4.84 Å². The molecule has 5 heteroatoms. The van der Waals surface area contributed by atoms with Crippen LogP contribution in [0.5, 0.6) is 0 Å². The summed E-state index contributed by atoms with van der Waals surface area (Å²) in [5, 5.41) is 12.7. The zero-order chi connectivity index (χ0) is 11.4. The van der Waals surface area contributed by atoms with Gasteiger partial charge in [0.05, 0.1) is 24.8 Å². The third-order valence-corrected chi connectivity index (χ3v) is 2.22. The second-order valence-electron chi connectivity index (χ2n) is 3.41. The summed E-state index contributed by atoms with van der Waals surface area (Å²) in [6.45, 7) is 1.18. The lowest BCUT2D eigenvalue weighted by Crippen LogP contribution is -2.31. The molecule has 5 nitrogen and oxygen atoms in total. The van der Waals surface area contributed by atoms with E-state index in [9.17, 15) is 4.79 Å². The Kier molecular flexibility index (Phi) is 3.03. The van der Waals surface area contributed by atoms with E-state index in [0.717, 1.165) is 6.42 Å². The molecule has 0 unspecified atom stereocenters. The van der Waals surface area contributed by atoms with E-state index in [1.54, 1.807) is 24.3 Å². The number of nitriles is 1. The van der Waals surface area contributed by atoms with Gasteiger partial charge in [-0.15, -0.1) is 0 Å². The van der Waals surface area contributed by atoms with Gasteiger partial charge in [-0.1, -0.05) is 6.07 Å². The highest BCUT2D eigenvalue weighted by Crippen LogP contribution is 2.12. The van der Waals surface area contributed by atoms with Gasteiger partial charge < -0.3 is 5.32 Å². The molecule has 0 aromatic heterocycles. The Morgan fingerprint density at radius 2 is 2.44 bits per heavy atom. The van der Waals surface area contributed by atoms with Crippen LogP contribution in [-0.4, -0.2) is 24.2 Å². The van der Waals surface area contributed by atoms with E-state index in [4.69, 9.17) is 10.1 Å². The van der Waals surface area contributed by atoms with Gasteiger partial charge in [0.25, 0.3) is 0 Å². The molecule has 0 atom stereocenters. The molecule has 1 aromatic rings. The number of urea groups is 1. The van der Waals surface area contributed by atoms with Gasteiger partial charge in [0, 0.05) is 5.69 Å². The smallest absolute Gasteiger partial charge is 0.306 e. The Morgan fingerprint density at radius 3 is 3.12 bits per heavy atom. The molecular formula is C11H11N3O2. The summed E-state index contributed by atoms with van der Waals surface area (Å²) in [7, 11) is 0. The van der Waals surface area contributed by atoms with Crippen molar-refractivity contribution in [2.75, 3.05) is 18.5 Å². The number of hydroxylamine groups is 2. The largest absolute Gasteiger partial charge is 0.345 e. The first-order valence-electron chi connectivity index (χ1n) is 5.01. The van der Waals surface area contributed by atoms with Crippen molar-refractivity contribution in [1.82, 2.24) is 5.06 Å². The molecule has 16 heavy (non-hydrogen) atoms. The quantitative estimate of drug-likeness (QED) is 0.779. The van der Waals surface area contributed by atoms with Crippen molar-refractivity contribution in [2.24, 2.45) is 0 Å². The van der Waals surface area contributed by atoms with Crippen LogP contribution in [0.4, 0.5) is 10.5 Å². The van der Waals surface area contributed by atoms with E-state index in [0.29, 0.717) is 24.4 Å². The molecule has 0 spiro atoms. The van der Waals surface area contributed by atoms with E-state index in [2.05, 4.69) is 5.32 Å². The van der Waals surface area contributed by atoms with Gasteiger partial charge >= 0.3 is 6.03 Å². The summed E-state index contributed by atoms with van der Waals surface area (Å²) in [4.78, 5) is 16.7. The average molecular weight is 217 g/mol. The minimum absolute atomic E-state index is 0.299. The van der Waals surface area contributed by atoms with E-state index >= 15 is 0 Å². The van der Waals surface area contributed by atoms with Gasteiger partial charge in [-0.3, -0.25) is 4.84 Å². The number of nitrogens with one attached hydrogen (secondary N) is 1. The van der Waals surface area contributed by atoms with Gasteiger partial charge in [0.15, 0.2) is 0 Å². The minimum Gasteiger partial charge on any atom is -0.306 e. The van der Waals surface area contributed by atoms with E-state index < -0.39 is 0 Å². The molecule has 0 radical (unpaired) electrons. The molecule has 1 heterocycles. The average Bonchev–Trinajstić information content (AvgIpc) is 2.83. The maximum absolute atomic E-state index is 11.6. The lowest BCUT2D eigenvalue weighted by Gasteiger charge is -2.14. The third-order valence-electron chi connectivity index (χ3n) is 2.22. The van der Waals surface area contributed by atoms with Crippen molar-refractivity contribution in [3.8, 4) is 6.07 Å². The molecule has 1 aromatic carbocycles. The van der Waals surface area contributed by atoms with Crippen molar-refractivity contribution in [3.63, 3.8) is 0 Å². The predicted molar refractivity (Wildman–Crippen MR) is 57.5 cm³/mol. The van der Waals surface area contributed by atoms with Crippen LogP contribution >= 0.6 is 0 Å². The second-order valence-corrected chi connectivity index (χ2v) is 3.41. The van der Waals surface area contributed by atoms with Crippen LogP contribution < -0.4 is 5.32 Å². The Morgan fingerprint density at radius 1 is 1.56 bits per heavy atom. The zero-order valence-electron chi connectivity index (χ0n) is 8.64. The van der Waals surface area contributed by atoms with Gasteiger partial charge in [-0.05, 0) is 24.6 Å². The first kappa shape index (κ1) is 10.5. The maximum Gasteiger partial charge on any atom is 0.345 e. The van der Waals surface area contributed by atoms with Crippen LogP contribution in [0.1, 0.15) is 12.0 Å². The topological polar surface area (TPSA) is 65.4 Å². The van der Waals surface area contributed by atoms with Gasteiger partial charge in [0.2, 0.25) is 0 Å². The highest BCUT2D eigenvalue weighted by Gasteiger charge is 2.19. The minimum atomic E-state index is -0.299. The highest BCUT2D eigenvalue weighted by molar-refractivity contribution is 5.88. The highest BCUT2D eigenvalue weighted by atomic mass is 16.7. The number of hydrogen-bond acceptors (Lipinski definition) is 3. The number of benzene rings is 1. The molecule has 0 bridgehead atoms. The van der Waals surface area contributed by atoms with Crippen LogP contribution in [0.25, 0.3) is 0 Å². The van der Waals surface area contributed by atoms with Crippen molar-refractivity contribution in [3.05, 3.63) is 29.8 Å². The molecule has 0 aliphatic carbocycles. The number of hydrogen-bond donors (Lipinski definition) is 1. The lowest BCUT2D eigenvalue weighted by molar-refractivity contribution is -0.0614. The number of anilines is 1. The lowest BCUT2D eigenvalue weighted by atomic mass is 10.2. The van der Waals surface area contributed by atoms with Crippen molar-refractivity contribution in [2.45, 2.75) is 6.42 Å². The van der Waals surface area contributed by atoms with Crippen molar-refractivity contribution >= 4 is 11.7 Å². The molecule has 1 aliphatic heterocycles. The first-order valence-corrected chi connectivity index (χ1v) is 5.01. The van der Waals surface area contributed by atoms with Gasteiger partial charge in [-0.2, -0.15) is 5.26 Å². The monoisotopic (exact) mass is 217 g/mol. The Balaban J connectivity index is 2.03. The summed E-state index contributed by atoms with van der Waals surface area (Å²) in [5.74, 6) is 0. The number of rotatable bonds is 1. The number of carbonyl (C=O) groups is 1. The van der Waals surface area contributed by atoms with Crippen LogP contribution in [0, 0.1) is 11.3 Å². The van der Waals surface area contributed by atoms with E-state index in [-0.39, 0.29) is 6.03 Å². The number of carbonyl (C=O) groups excluding carboxylic acids is 1. The molecule has 1 fully saturated rings. The van der Waals surface area contributed by atoms with E-state index in [1.165, 1.54) is 5.06 Å².